The van der Waals surface area contributed by atoms with E-state index in [4.69, 9.17) is 5.11 Å². The Labute approximate surface area is 114 Å². The van der Waals surface area contributed by atoms with Crippen molar-refractivity contribution in [3.8, 4) is 0 Å². The zero-order valence-electron chi connectivity index (χ0n) is 10.6. The van der Waals surface area contributed by atoms with Gasteiger partial charge in [0.25, 0.3) is 5.91 Å². The summed E-state index contributed by atoms with van der Waals surface area (Å²) >= 11 is 1.52. The lowest BCUT2D eigenvalue weighted by molar-refractivity contribution is 0.0696. The Morgan fingerprint density at radius 1 is 1.26 bits per heavy atom. The third-order valence-electron chi connectivity index (χ3n) is 2.90. The van der Waals surface area contributed by atoms with Crippen LogP contribution in [0.1, 0.15) is 31.2 Å². The third kappa shape index (κ3) is 2.82. The highest BCUT2D eigenvalue weighted by molar-refractivity contribution is 7.10. The quantitative estimate of drug-likeness (QED) is 0.903. The number of anilines is 1. The van der Waals surface area contributed by atoms with Crippen molar-refractivity contribution < 1.29 is 14.7 Å². The monoisotopic (exact) mass is 275 g/mol. The number of carbonyl (C=O) groups is 2. The van der Waals surface area contributed by atoms with Gasteiger partial charge in [-0.3, -0.25) is 4.79 Å². The minimum atomic E-state index is -1.02. The molecule has 0 saturated carbocycles. The average molecular weight is 275 g/mol. The molecule has 0 saturated heterocycles. The van der Waals surface area contributed by atoms with E-state index in [0.717, 1.165) is 10.4 Å². The smallest absolute Gasteiger partial charge is 0.335 e. The number of benzene rings is 1. The third-order valence-corrected chi connectivity index (χ3v) is 3.91. The molecule has 0 radical (unpaired) electrons. The molecule has 0 aliphatic rings. The van der Waals surface area contributed by atoms with Crippen molar-refractivity contribution in [3.05, 3.63) is 51.2 Å². The molecule has 0 spiro atoms. The van der Waals surface area contributed by atoms with Crippen LogP contribution >= 0.6 is 11.3 Å². The zero-order chi connectivity index (χ0) is 14.0. The summed E-state index contributed by atoms with van der Waals surface area (Å²) in [6.45, 7) is 3.86. The molecule has 1 heterocycles. The second-order valence-electron chi connectivity index (χ2n) is 4.17. The molecule has 2 aromatic rings. The minimum absolute atomic E-state index is 0.149. The van der Waals surface area contributed by atoms with Gasteiger partial charge in [0, 0.05) is 15.9 Å². The maximum absolute atomic E-state index is 12.1. The molecule has 0 unspecified atom stereocenters. The predicted molar refractivity (Wildman–Crippen MR) is 75.1 cm³/mol. The molecule has 4 nitrogen and oxygen atoms in total. The van der Waals surface area contributed by atoms with E-state index >= 15 is 0 Å². The Balaban J connectivity index is 2.22. The molecule has 5 heteroatoms. The van der Waals surface area contributed by atoms with Crippen LogP contribution in [-0.4, -0.2) is 17.0 Å². The van der Waals surface area contributed by atoms with Gasteiger partial charge in [-0.05, 0) is 37.6 Å². The van der Waals surface area contributed by atoms with Crippen LogP contribution in [0.4, 0.5) is 5.69 Å². The number of hydrogen-bond acceptors (Lipinski definition) is 3. The van der Waals surface area contributed by atoms with Crippen molar-refractivity contribution in [2.75, 3.05) is 5.32 Å². The Morgan fingerprint density at radius 3 is 2.58 bits per heavy atom. The molecule has 1 amide bonds. The lowest BCUT2D eigenvalue weighted by Gasteiger charge is -2.06. The first-order valence-corrected chi connectivity index (χ1v) is 6.56. The van der Waals surface area contributed by atoms with Crippen LogP contribution in [0.5, 0.6) is 0 Å². The molecular weight excluding hydrogens is 262 g/mol. The van der Waals surface area contributed by atoms with Gasteiger partial charge < -0.3 is 10.4 Å². The molecule has 1 aromatic heterocycles. The molecule has 1 aromatic carbocycles. The maximum atomic E-state index is 12.1. The first kappa shape index (κ1) is 13.3. The zero-order valence-corrected chi connectivity index (χ0v) is 11.4. The highest BCUT2D eigenvalue weighted by Crippen LogP contribution is 2.22. The Morgan fingerprint density at radius 2 is 2.00 bits per heavy atom. The van der Waals surface area contributed by atoms with Gasteiger partial charge >= 0.3 is 5.97 Å². The number of thiophene rings is 1. The number of rotatable bonds is 3. The molecule has 0 aliphatic heterocycles. The van der Waals surface area contributed by atoms with E-state index in [9.17, 15) is 9.59 Å². The van der Waals surface area contributed by atoms with Gasteiger partial charge in [-0.25, -0.2) is 4.79 Å². The molecule has 2 N–H and O–H groups in total. The van der Waals surface area contributed by atoms with E-state index in [2.05, 4.69) is 5.32 Å². The maximum Gasteiger partial charge on any atom is 0.335 e. The second kappa shape index (κ2) is 5.24. The molecule has 0 fully saturated rings. The van der Waals surface area contributed by atoms with Crippen LogP contribution in [0.3, 0.4) is 0 Å². The number of carboxylic acid groups (broad SMARTS) is 1. The highest BCUT2D eigenvalue weighted by Gasteiger charge is 2.13. The van der Waals surface area contributed by atoms with Gasteiger partial charge in [-0.1, -0.05) is 6.07 Å². The number of aromatic carboxylic acids is 1. The number of nitrogens with one attached hydrogen (secondary N) is 1. The summed E-state index contributed by atoms with van der Waals surface area (Å²) in [4.78, 5) is 24.0. The van der Waals surface area contributed by atoms with Gasteiger partial charge in [-0.15, -0.1) is 11.3 Å². The van der Waals surface area contributed by atoms with Crippen molar-refractivity contribution in [2.45, 2.75) is 13.8 Å². The summed E-state index contributed by atoms with van der Waals surface area (Å²) in [6, 6.07) is 6.19. The number of hydrogen-bond donors (Lipinski definition) is 2. The van der Waals surface area contributed by atoms with Gasteiger partial charge in [0.2, 0.25) is 0 Å². The van der Waals surface area contributed by atoms with E-state index < -0.39 is 5.97 Å². The Bertz CT molecular complexity index is 646. The van der Waals surface area contributed by atoms with Crippen LogP contribution < -0.4 is 5.32 Å². The fourth-order valence-corrected chi connectivity index (χ4v) is 2.53. The summed E-state index contributed by atoms with van der Waals surface area (Å²) in [5, 5.41) is 13.4. The van der Waals surface area contributed by atoms with Crippen LogP contribution in [0.15, 0.2) is 29.6 Å². The van der Waals surface area contributed by atoms with Crippen molar-refractivity contribution in [2.24, 2.45) is 0 Å². The predicted octanol–water partition coefficient (Wildman–Crippen LogP) is 3.32. The van der Waals surface area contributed by atoms with Gasteiger partial charge in [0.05, 0.1) is 11.1 Å². The van der Waals surface area contributed by atoms with Gasteiger partial charge in [0.15, 0.2) is 0 Å². The van der Waals surface area contributed by atoms with Crippen molar-refractivity contribution in [1.29, 1.82) is 0 Å². The van der Waals surface area contributed by atoms with Crippen LogP contribution in [-0.2, 0) is 0 Å². The minimum Gasteiger partial charge on any atom is -0.478 e. The first-order valence-electron chi connectivity index (χ1n) is 5.68. The van der Waals surface area contributed by atoms with Gasteiger partial charge in [-0.2, -0.15) is 0 Å². The van der Waals surface area contributed by atoms with E-state index in [1.54, 1.807) is 17.5 Å². The molecule has 19 heavy (non-hydrogen) atoms. The van der Waals surface area contributed by atoms with Crippen LogP contribution in [0, 0.1) is 13.8 Å². The molecule has 0 atom stereocenters. The standard InChI is InChI=1S/C14H13NO3S/c1-8-9(2)19-7-12(8)13(16)15-11-5-3-4-10(6-11)14(17)18/h3-7H,1-2H3,(H,15,16)(H,17,18). The largest absolute Gasteiger partial charge is 0.478 e. The number of amides is 1. The molecule has 0 bridgehead atoms. The van der Waals surface area contributed by atoms with Crippen molar-refractivity contribution >= 4 is 28.9 Å². The van der Waals surface area contributed by atoms with Crippen molar-refractivity contribution in [3.63, 3.8) is 0 Å². The summed E-state index contributed by atoms with van der Waals surface area (Å²) in [6.07, 6.45) is 0. The summed E-state index contributed by atoms with van der Waals surface area (Å²) < 4.78 is 0. The summed E-state index contributed by atoms with van der Waals surface area (Å²) in [7, 11) is 0. The average Bonchev–Trinajstić information content (AvgIpc) is 2.70. The van der Waals surface area contributed by atoms with Crippen LogP contribution in [0.25, 0.3) is 0 Å². The summed E-state index contributed by atoms with van der Waals surface area (Å²) in [5.41, 5.74) is 2.21. The lowest BCUT2D eigenvalue weighted by atomic mass is 10.1. The number of aryl methyl sites for hydroxylation is 1. The fourth-order valence-electron chi connectivity index (χ4n) is 1.67. The first-order chi connectivity index (χ1) is 8.99. The topological polar surface area (TPSA) is 66.4 Å². The van der Waals surface area contributed by atoms with Gasteiger partial charge in [0.1, 0.15) is 0 Å². The van der Waals surface area contributed by atoms with Crippen LogP contribution in [0.2, 0.25) is 0 Å². The molecule has 2 rings (SSSR count). The molecule has 98 valence electrons. The van der Waals surface area contributed by atoms with Crippen molar-refractivity contribution in [1.82, 2.24) is 0 Å². The molecule has 0 aliphatic carbocycles. The van der Waals surface area contributed by atoms with E-state index in [1.807, 2.05) is 13.8 Å². The highest BCUT2D eigenvalue weighted by atomic mass is 32.1. The summed E-state index contributed by atoms with van der Waals surface area (Å²) in [5.74, 6) is -1.23. The van der Waals surface area contributed by atoms with E-state index in [-0.39, 0.29) is 11.5 Å². The number of carbonyl (C=O) groups excluding carboxylic acids is 1. The van der Waals surface area contributed by atoms with E-state index in [1.165, 1.54) is 23.5 Å². The number of carboxylic acids is 1. The second-order valence-corrected chi connectivity index (χ2v) is 5.25. The Hall–Kier alpha value is -2.14. The Kier molecular flexibility index (Phi) is 3.66. The fraction of sp³-hybridized carbons (Fsp3) is 0.143. The lowest BCUT2D eigenvalue weighted by Crippen LogP contribution is -2.12. The molecular formula is C14H13NO3S. The normalized spacial score (nSPS) is 10.2. The van der Waals surface area contributed by atoms with E-state index in [0.29, 0.717) is 11.3 Å². The SMILES string of the molecule is Cc1scc(C(=O)Nc2cccc(C(=O)O)c2)c1C.